The first kappa shape index (κ1) is 12.4. The summed E-state index contributed by atoms with van der Waals surface area (Å²) in [7, 11) is 1.72. The predicted molar refractivity (Wildman–Crippen MR) is 71.2 cm³/mol. The van der Waals surface area contributed by atoms with Gasteiger partial charge in [-0.15, -0.1) is 0 Å². The highest BCUT2D eigenvalue weighted by molar-refractivity contribution is 5.43. The molecule has 0 bridgehead atoms. The molecule has 1 fully saturated rings. The topological polar surface area (TPSA) is 35.2 Å². The number of methoxy groups -OCH3 is 1. The molecule has 2 heteroatoms. The molecule has 2 rings (SSSR count). The van der Waals surface area contributed by atoms with Gasteiger partial charge in [-0.05, 0) is 31.7 Å². The Kier molecular flexibility index (Phi) is 3.43. The van der Waals surface area contributed by atoms with Gasteiger partial charge in [-0.2, -0.15) is 0 Å². The van der Waals surface area contributed by atoms with Crippen LogP contribution in [-0.4, -0.2) is 7.11 Å². The lowest BCUT2D eigenvalue weighted by molar-refractivity contribution is 0.134. The quantitative estimate of drug-likeness (QED) is 0.865. The first-order valence-corrected chi connectivity index (χ1v) is 6.53. The molecule has 17 heavy (non-hydrogen) atoms. The first-order valence-electron chi connectivity index (χ1n) is 6.53. The second-order valence-corrected chi connectivity index (χ2v) is 5.42. The van der Waals surface area contributed by atoms with Gasteiger partial charge >= 0.3 is 0 Å². The summed E-state index contributed by atoms with van der Waals surface area (Å²) in [6.45, 7) is 4.35. The molecule has 2 nitrogen and oxygen atoms in total. The van der Waals surface area contributed by atoms with Crippen LogP contribution in [-0.2, 0) is 5.54 Å². The Hall–Kier alpha value is -1.02. The molecule has 0 saturated heterocycles. The maximum Gasteiger partial charge on any atom is 0.123 e. The van der Waals surface area contributed by atoms with Crippen LogP contribution in [0.4, 0.5) is 0 Å². The van der Waals surface area contributed by atoms with Gasteiger partial charge < -0.3 is 10.5 Å². The monoisotopic (exact) mass is 233 g/mol. The zero-order valence-electron chi connectivity index (χ0n) is 11.1. The van der Waals surface area contributed by atoms with Crippen molar-refractivity contribution in [2.45, 2.75) is 45.1 Å². The highest BCUT2D eigenvalue weighted by atomic mass is 16.5. The van der Waals surface area contributed by atoms with Crippen LogP contribution in [0, 0.1) is 12.8 Å². The predicted octanol–water partition coefficient (Wildman–Crippen LogP) is 3.37. The molecular formula is C15H23NO. The van der Waals surface area contributed by atoms with E-state index in [0.717, 1.165) is 24.5 Å². The van der Waals surface area contributed by atoms with Gasteiger partial charge in [0, 0.05) is 11.1 Å². The van der Waals surface area contributed by atoms with Crippen LogP contribution >= 0.6 is 0 Å². The third kappa shape index (κ3) is 2.32. The highest BCUT2D eigenvalue weighted by Gasteiger charge is 2.43. The van der Waals surface area contributed by atoms with Gasteiger partial charge in [0.15, 0.2) is 0 Å². The van der Waals surface area contributed by atoms with E-state index in [-0.39, 0.29) is 5.54 Å². The molecule has 0 heterocycles. The van der Waals surface area contributed by atoms with Gasteiger partial charge in [0.25, 0.3) is 0 Å². The van der Waals surface area contributed by atoms with Crippen molar-refractivity contribution >= 4 is 0 Å². The van der Waals surface area contributed by atoms with Gasteiger partial charge in [-0.3, -0.25) is 0 Å². The zero-order valence-corrected chi connectivity index (χ0v) is 11.1. The van der Waals surface area contributed by atoms with Crippen molar-refractivity contribution in [3.8, 4) is 5.75 Å². The van der Waals surface area contributed by atoms with E-state index in [0.29, 0.717) is 0 Å². The molecule has 0 atom stereocenters. The lowest BCUT2D eigenvalue weighted by Crippen LogP contribution is -2.49. The Balaban J connectivity index is 2.20. The molecule has 2 N–H and O–H groups in total. The molecule has 0 amide bonds. The fourth-order valence-electron chi connectivity index (χ4n) is 3.01. The van der Waals surface area contributed by atoms with Crippen molar-refractivity contribution in [3.05, 3.63) is 29.3 Å². The van der Waals surface area contributed by atoms with Crippen molar-refractivity contribution in [1.29, 1.82) is 0 Å². The van der Waals surface area contributed by atoms with Crippen molar-refractivity contribution in [2.24, 2.45) is 11.7 Å². The normalized spacial score (nSPS) is 27.6. The summed E-state index contributed by atoms with van der Waals surface area (Å²) in [4.78, 5) is 0. The fraction of sp³-hybridized carbons (Fsp3) is 0.600. The van der Waals surface area contributed by atoms with Gasteiger partial charge in [-0.25, -0.2) is 0 Å². The molecule has 1 aromatic carbocycles. The number of ether oxygens (including phenoxy) is 1. The molecule has 0 aliphatic heterocycles. The zero-order chi connectivity index (χ0) is 12.5. The third-order valence-corrected chi connectivity index (χ3v) is 3.89. The van der Waals surface area contributed by atoms with E-state index in [1.54, 1.807) is 7.11 Å². The average molecular weight is 233 g/mol. The van der Waals surface area contributed by atoms with Crippen LogP contribution < -0.4 is 10.5 Å². The summed E-state index contributed by atoms with van der Waals surface area (Å²) in [6.07, 6.45) is 4.75. The van der Waals surface area contributed by atoms with Crippen LogP contribution in [0.25, 0.3) is 0 Å². The Morgan fingerprint density at radius 2 is 2.12 bits per heavy atom. The minimum Gasteiger partial charge on any atom is -0.496 e. The summed E-state index contributed by atoms with van der Waals surface area (Å²) in [5.74, 6) is 1.74. The van der Waals surface area contributed by atoms with E-state index in [2.05, 4.69) is 26.0 Å². The molecule has 0 spiro atoms. The number of hydrogen-bond acceptors (Lipinski definition) is 2. The van der Waals surface area contributed by atoms with Crippen LogP contribution in [0.3, 0.4) is 0 Å². The van der Waals surface area contributed by atoms with Crippen molar-refractivity contribution in [1.82, 2.24) is 0 Å². The SMILES string of the molecule is CCCC1CC(N)(c2cc(C)ccc2OC)C1. The number of nitrogens with two attached hydrogens (primary N) is 1. The van der Waals surface area contributed by atoms with Gasteiger partial charge in [0.2, 0.25) is 0 Å². The molecule has 0 aromatic heterocycles. The summed E-state index contributed by atoms with van der Waals surface area (Å²) in [5.41, 5.74) is 8.80. The highest BCUT2D eigenvalue weighted by Crippen LogP contribution is 2.48. The van der Waals surface area contributed by atoms with Crippen LogP contribution in [0.1, 0.15) is 43.7 Å². The third-order valence-electron chi connectivity index (χ3n) is 3.89. The van der Waals surface area contributed by atoms with E-state index in [1.807, 2.05) is 6.07 Å². The van der Waals surface area contributed by atoms with Crippen LogP contribution in [0.2, 0.25) is 0 Å². The summed E-state index contributed by atoms with van der Waals surface area (Å²) in [6, 6.07) is 6.29. The number of hydrogen-bond donors (Lipinski definition) is 1. The van der Waals surface area contributed by atoms with E-state index in [1.165, 1.54) is 24.0 Å². The minimum absolute atomic E-state index is 0.156. The van der Waals surface area contributed by atoms with Gasteiger partial charge in [0.05, 0.1) is 7.11 Å². The minimum atomic E-state index is -0.156. The Labute approximate surface area is 104 Å². The molecule has 1 aliphatic rings. The maximum absolute atomic E-state index is 6.51. The van der Waals surface area contributed by atoms with E-state index < -0.39 is 0 Å². The number of benzene rings is 1. The molecule has 1 aliphatic carbocycles. The maximum atomic E-state index is 6.51. The molecule has 1 saturated carbocycles. The van der Waals surface area contributed by atoms with Crippen molar-refractivity contribution in [2.75, 3.05) is 7.11 Å². The van der Waals surface area contributed by atoms with Crippen LogP contribution in [0.5, 0.6) is 5.75 Å². The summed E-state index contributed by atoms with van der Waals surface area (Å²) >= 11 is 0. The number of aryl methyl sites for hydroxylation is 1. The lowest BCUT2D eigenvalue weighted by atomic mass is 9.63. The molecule has 94 valence electrons. The average Bonchev–Trinajstić information content (AvgIpc) is 2.27. The fourth-order valence-corrected chi connectivity index (χ4v) is 3.01. The smallest absolute Gasteiger partial charge is 0.123 e. The van der Waals surface area contributed by atoms with E-state index in [9.17, 15) is 0 Å². The molecule has 1 aromatic rings. The van der Waals surface area contributed by atoms with Crippen molar-refractivity contribution < 1.29 is 4.74 Å². The first-order chi connectivity index (χ1) is 8.09. The molecule has 0 unspecified atom stereocenters. The van der Waals surface area contributed by atoms with Gasteiger partial charge in [0.1, 0.15) is 5.75 Å². The second-order valence-electron chi connectivity index (χ2n) is 5.42. The van der Waals surface area contributed by atoms with Gasteiger partial charge in [-0.1, -0.05) is 37.5 Å². The largest absolute Gasteiger partial charge is 0.496 e. The second kappa shape index (κ2) is 4.69. The van der Waals surface area contributed by atoms with Crippen LogP contribution in [0.15, 0.2) is 18.2 Å². The Bertz CT molecular complexity index is 394. The lowest BCUT2D eigenvalue weighted by Gasteiger charge is -2.46. The molecular weight excluding hydrogens is 210 g/mol. The standard InChI is InChI=1S/C15H23NO/c1-4-5-12-9-15(16,10-12)13-8-11(2)6-7-14(13)17-3/h6-8,12H,4-5,9-10,16H2,1-3H3. The summed E-state index contributed by atoms with van der Waals surface area (Å²) in [5, 5.41) is 0. The van der Waals surface area contributed by atoms with E-state index in [4.69, 9.17) is 10.5 Å². The number of rotatable bonds is 4. The van der Waals surface area contributed by atoms with E-state index >= 15 is 0 Å². The van der Waals surface area contributed by atoms with Crippen molar-refractivity contribution in [3.63, 3.8) is 0 Å². The molecule has 0 radical (unpaired) electrons. The Morgan fingerprint density at radius 3 is 2.71 bits per heavy atom. The summed E-state index contributed by atoms with van der Waals surface area (Å²) < 4.78 is 5.44. The Morgan fingerprint density at radius 1 is 1.41 bits per heavy atom.